The molecular weight excluding hydrogens is 246 g/mol. The van der Waals surface area contributed by atoms with Crippen molar-refractivity contribution in [2.75, 3.05) is 0 Å². The maximum atomic E-state index is 9.30. The lowest BCUT2D eigenvalue weighted by molar-refractivity contribution is 0.318. The van der Waals surface area contributed by atoms with Crippen LogP contribution in [-0.2, 0) is 6.42 Å². The largest absolute Gasteiger partial charge is 0.411 e. The molecule has 1 N–H and O–H groups in total. The fourth-order valence-electron chi connectivity index (χ4n) is 2.45. The van der Waals surface area contributed by atoms with Gasteiger partial charge in [-0.25, -0.2) is 0 Å². The van der Waals surface area contributed by atoms with Crippen LogP contribution in [0.15, 0.2) is 78.0 Å². The van der Waals surface area contributed by atoms with Crippen molar-refractivity contribution in [3.8, 4) is 0 Å². The van der Waals surface area contributed by atoms with Crippen molar-refractivity contribution in [2.45, 2.75) is 6.42 Å². The summed E-state index contributed by atoms with van der Waals surface area (Å²) in [5, 5.41) is 15.2. The normalized spacial score (nSPS) is 11.7. The standard InChI is InChI=1S/C18H15NO/c20-19-18(15-8-2-1-3-9-15)13-16-11-6-10-14-7-4-5-12-17(14)16/h1-12,20H,13H2/b19-18-. The summed E-state index contributed by atoms with van der Waals surface area (Å²) in [6, 6.07) is 24.2. The molecule has 98 valence electrons. The third-order valence-electron chi connectivity index (χ3n) is 3.47. The van der Waals surface area contributed by atoms with Crippen LogP contribution in [0, 0.1) is 0 Å². The van der Waals surface area contributed by atoms with Crippen molar-refractivity contribution in [2.24, 2.45) is 5.16 Å². The lowest BCUT2D eigenvalue weighted by Gasteiger charge is -2.08. The first-order chi connectivity index (χ1) is 9.88. The van der Waals surface area contributed by atoms with E-state index in [1.54, 1.807) is 0 Å². The molecule has 0 radical (unpaired) electrons. The molecule has 0 aliphatic heterocycles. The van der Waals surface area contributed by atoms with E-state index in [4.69, 9.17) is 0 Å². The van der Waals surface area contributed by atoms with Crippen molar-refractivity contribution in [1.29, 1.82) is 0 Å². The molecule has 0 unspecified atom stereocenters. The Morgan fingerprint density at radius 2 is 1.50 bits per heavy atom. The second kappa shape index (κ2) is 5.57. The van der Waals surface area contributed by atoms with E-state index in [-0.39, 0.29) is 0 Å². The molecule has 0 aliphatic rings. The predicted molar refractivity (Wildman–Crippen MR) is 82.4 cm³/mol. The molecule has 0 saturated carbocycles. The van der Waals surface area contributed by atoms with Crippen molar-refractivity contribution in [3.63, 3.8) is 0 Å². The van der Waals surface area contributed by atoms with Gasteiger partial charge in [0.05, 0.1) is 5.71 Å². The Labute approximate surface area is 118 Å². The predicted octanol–water partition coefficient (Wildman–Crippen LogP) is 4.26. The van der Waals surface area contributed by atoms with Gasteiger partial charge in [-0.15, -0.1) is 0 Å². The summed E-state index contributed by atoms with van der Waals surface area (Å²) in [6.07, 6.45) is 0.613. The van der Waals surface area contributed by atoms with Gasteiger partial charge in [-0.05, 0) is 21.9 Å². The molecule has 0 aliphatic carbocycles. The van der Waals surface area contributed by atoms with E-state index in [1.807, 2.05) is 48.5 Å². The summed E-state index contributed by atoms with van der Waals surface area (Å²) in [7, 11) is 0. The van der Waals surface area contributed by atoms with Crippen LogP contribution in [-0.4, -0.2) is 10.9 Å². The van der Waals surface area contributed by atoms with Crippen LogP contribution in [0.3, 0.4) is 0 Å². The number of hydrogen-bond acceptors (Lipinski definition) is 2. The maximum Gasteiger partial charge on any atom is 0.0911 e. The number of benzene rings is 3. The van der Waals surface area contributed by atoms with Crippen molar-refractivity contribution in [3.05, 3.63) is 83.9 Å². The average molecular weight is 261 g/mol. The zero-order valence-electron chi connectivity index (χ0n) is 11.0. The SMILES string of the molecule is O/N=C(/Cc1cccc2ccccc12)c1ccccc1. The highest BCUT2D eigenvalue weighted by atomic mass is 16.4. The van der Waals surface area contributed by atoms with Crippen LogP contribution in [0.25, 0.3) is 10.8 Å². The van der Waals surface area contributed by atoms with Crippen LogP contribution >= 0.6 is 0 Å². The number of fused-ring (bicyclic) bond motifs is 1. The first-order valence-electron chi connectivity index (χ1n) is 6.61. The second-order valence-electron chi connectivity index (χ2n) is 4.73. The molecule has 0 heterocycles. The molecule has 0 spiro atoms. The van der Waals surface area contributed by atoms with Gasteiger partial charge < -0.3 is 5.21 Å². The average Bonchev–Trinajstić information content (AvgIpc) is 2.53. The molecular formula is C18H15NO. The molecule has 2 heteroatoms. The molecule has 3 aromatic rings. The monoisotopic (exact) mass is 261 g/mol. The van der Waals surface area contributed by atoms with Gasteiger partial charge in [0.15, 0.2) is 0 Å². The smallest absolute Gasteiger partial charge is 0.0911 e. The fraction of sp³-hybridized carbons (Fsp3) is 0.0556. The first-order valence-corrected chi connectivity index (χ1v) is 6.61. The van der Waals surface area contributed by atoms with E-state index in [0.717, 1.165) is 5.56 Å². The van der Waals surface area contributed by atoms with Gasteiger partial charge in [-0.2, -0.15) is 0 Å². The third kappa shape index (κ3) is 2.41. The molecule has 0 fully saturated rings. The zero-order chi connectivity index (χ0) is 13.8. The molecule has 20 heavy (non-hydrogen) atoms. The summed E-state index contributed by atoms with van der Waals surface area (Å²) in [4.78, 5) is 0. The Morgan fingerprint density at radius 1 is 0.800 bits per heavy atom. The Morgan fingerprint density at radius 3 is 2.30 bits per heavy atom. The summed E-state index contributed by atoms with van der Waals surface area (Å²) < 4.78 is 0. The number of nitrogens with zero attached hydrogens (tertiary/aromatic N) is 1. The minimum Gasteiger partial charge on any atom is -0.411 e. The van der Waals surface area contributed by atoms with Gasteiger partial charge in [-0.1, -0.05) is 78.0 Å². The summed E-state index contributed by atoms with van der Waals surface area (Å²) in [5.74, 6) is 0. The Kier molecular flexibility index (Phi) is 3.46. The van der Waals surface area contributed by atoms with Crippen LogP contribution < -0.4 is 0 Å². The van der Waals surface area contributed by atoms with Crippen LogP contribution in [0.2, 0.25) is 0 Å². The fourth-order valence-corrected chi connectivity index (χ4v) is 2.45. The minimum atomic E-state index is 0.613. The van der Waals surface area contributed by atoms with Gasteiger partial charge in [0, 0.05) is 6.42 Å². The van der Waals surface area contributed by atoms with Crippen LogP contribution in [0.1, 0.15) is 11.1 Å². The van der Waals surface area contributed by atoms with Crippen molar-refractivity contribution < 1.29 is 5.21 Å². The van der Waals surface area contributed by atoms with Crippen LogP contribution in [0.5, 0.6) is 0 Å². The maximum absolute atomic E-state index is 9.30. The van der Waals surface area contributed by atoms with E-state index in [9.17, 15) is 5.21 Å². The highest BCUT2D eigenvalue weighted by Crippen LogP contribution is 2.20. The Hall–Kier alpha value is -2.61. The van der Waals surface area contributed by atoms with E-state index in [0.29, 0.717) is 12.1 Å². The molecule has 0 saturated heterocycles. The molecule has 3 rings (SSSR count). The number of hydrogen-bond donors (Lipinski definition) is 1. The summed E-state index contributed by atoms with van der Waals surface area (Å²) in [5.41, 5.74) is 2.80. The Balaban J connectivity index is 2.01. The Bertz CT molecular complexity index is 742. The lowest BCUT2D eigenvalue weighted by Crippen LogP contribution is -2.05. The molecule has 0 bridgehead atoms. The number of rotatable bonds is 3. The van der Waals surface area contributed by atoms with Gasteiger partial charge in [-0.3, -0.25) is 0 Å². The van der Waals surface area contributed by atoms with Crippen molar-refractivity contribution in [1.82, 2.24) is 0 Å². The topological polar surface area (TPSA) is 32.6 Å². The first kappa shape index (κ1) is 12.4. The van der Waals surface area contributed by atoms with E-state index >= 15 is 0 Å². The van der Waals surface area contributed by atoms with Gasteiger partial charge in [0.25, 0.3) is 0 Å². The van der Waals surface area contributed by atoms with Crippen molar-refractivity contribution >= 4 is 16.5 Å². The second-order valence-corrected chi connectivity index (χ2v) is 4.73. The quantitative estimate of drug-likeness (QED) is 0.426. The summed E-state index contributed by atoms with van der Waals surface area (Å²) in [6.45, 7) is 0. The molecule has 0 aromatic heterocycles. The zero-order valence-corrected chi connectivity index (χ0v) is 11.0. The molecule has 0 amide bonds. The van der Waals surface area contributed by atoms with E-state index < -0.39 is 0 Å². The third-order valence-corrected chi connectivity index (χ3v) is 3.47. The van der Waals surface area contributed by atoms with Gasteiger partial charge in [0.1, 0.15) is 0 Å². The molecule has 2 nitrogen and oxygen atoms in total. The van der Waals surface area contributed by atoms with E-state index in [2.05, 4.69) is 29.4 Å². The summed E-state index contributed by atoms with van der Waals surface area (Å²) >= 11 is 0. The molecule has 0 atom stereocenters. The number of oxime groups is 1. The highest BCUT2D eigenvalue weighted by Gasteiger charge is 2.08. The van der Waals surface area contributed by atoms with Gasteiger partial charge in [0.2, 0.25) is 0 Å². The minimum absolute atomic E-state index is 0.613. The lowest BCUT2D eigenvalue weighted by atomic mass is 9.97. The highest BCUT2D eigenvalue weighted by molar-refractivity contribution is 6.03. The molecule has 3 aromatic carbocycles. The van der Waals surface area contributed by atoms with Gasteiger partial charge >= 0.3 is 0 Å². The van der Waals surface area contributed by atoms with E-state index in [1.165, 1.54) is 16.3 Å². The van der Waals surface area contributed by atoms with Crippen LogP contribution in [0.4, 0.5) is 0 Å².